The maximum absolute atomic E-state index is 13.9. The van der Waals surface area contributed by atoms with Crippen LogP contribution >= 0.6 is 23.1 Å². The fourth-order valence-corrected chi connectivity index (χ4v) is 6.61. The van der Waals surface area contributed by atoms with Gasteiger partial charge in [-0.15, -0.1) is 11.8 Å². The topological polar surface area (TPSA) is 52.8 Å². The zero-order valence-corrected chi connectivity index (χ0v) is 22.5. The van der Waals surface area contributed by atoms with Crippen molar-refractivity contribution in [1.29, 1.82) is 0 Å². The molecule has 1 aliphatic carbocycles. The zero-order valence-electron chi connectivity index (χ0n) is 20.9. The van der Waals surface area contributed by atoms with E-state index in [0.717, 1.165) is 34.5 Å². The minimum atomic E-state index is -0.178. The summed E-state index contributed by atoms with van der Waals surface area (Å²) in [6, 6.07) is 22.6. The highest BCUT2D eigenvalue weighted by molar-refractivity contribution is 7.98. The van der Waals surface area contributed by atoms with E-state index in [-0.39, 0.29) is 11.6 Å². The largest absolute Gasteiger partial charge is 0.493 e. The maximum atomic E-state index is 13.9. The number of allylic oxidation sites excluding steroid dienone is 1. The molecule has 1 aliphatic heterocycles. The number of nitrogens with zero attached hydrogens (tertiary/aromatic N) is 2. The summed E-state index contributed by atoms with van der Waals surface area (Å²) in [6.07, 6.45) is 5.81. The number of hydrogen-bond donors (Lipinski definition) is 0. The summed E-state index contributed by atoms with van der Waals surface area (Å²) >= 11 is 3.15. The maximum Gasteiger partial charge on any atom is 0.271 e. The molecule has 6 rings (SSSR count). The molecular weight excluding hydrogens is 500 g/mol. The van der Waals surface area contributed by atoms with Crippen LogP contribution in [0, 0.1) is 0 Å². The third kappa shape index (κ3) is 4.12. The fourth-order valence-electron chi connectivity index (χ4n) is 5.20. The standard InChI is InChI=1S/C30H26N2O3S2/c1-34-24-15-8-18(16-25(24)35-2)17-26-29(33)32-28(20-9-12-21(36-3)13-10-20)23-14-11-19-6-4-5-7-22(19)27(23)31-30(32)37-26/h4-10,12-13,15-17,28H,11,14H2,1-3H3. The first-order chi connectivity index (χ1) is 18.1. The molecule has 0 spiro atoms. The molecule has 0 N–H and O–H groups in total. The Kier molecular flexibility index (Phi) is 6.26. The summed E-state index contributed by atoms with van der Waals surface area (Å²) in [6.45, 7) is 0. The molecule has 2 heterocycles. The molecular formula is C30H26N2O3S2. The van der Waals surface area contributed by atoms with Crippen LogP contribution in [0.2, 0.25) is 0 Å². The Morgan fingerprint density at radius 3 is 2.54 bits per heavy atom. The third-order valence-corrected chi connectivity index (χ3v) is 8.74. The van der Waals surface area contributed by atoms with Gasteiger partial charge >= 0.3 is 0 Å². The SMILES string of the molecule is COc1ccc(C=c2sc3n(c2=O)C(c2ccc(SC)cc2)C2=C(N=3)c3ccccc3CC2)cc1OC. The quantitative estimate of drug-likeness (QED) is 0.341. The number of benzene rings is 3. The van der Waals surface area contributed by atoms with Crippen molar-refractivity contribution in [3.8, 4) is 11.5 Å². The third-order valence-electron chi connectivity index (χ3n) is 7.01. The van der Waals surface area contributed by atoms with E-state index in [2.05, 4.69) is 54.8 Å². The van der Waals surface area contributed by atoms with Gasteiger partial charge in [0, 0.05) is 10.5 Å². The average Bonchev–Trinajstić information content (AvgIpc) is 3.25. The van der Waals surface area contributed by atoms with Crippen LogP contribution in [0.3, 0.4) is 0 Å². The molecule has 5 nitrogen and oxygen atoms in total. The summed E-state index contributed by atoms with van der Waals surface area (Å²) in [5.41, 5.74) is 6.66. The van der Waals surface area contributed by atoms with Gasteiger partial charge in [-0.25, -0.2) is 4.99 Å². The van der Waals surface area contributed by atoms with Gasteiger partial charge in [0.25, 0.3) is 5.56 Å². The minimum Gasteiger partial charge on any atom is -0.493 e. The summed E-state index contributed by atoms with van der Waals surface area (Å²) in [5, 5.41) is 0. The van der Waals surface area contributed by atoms with E-state index in [0.29, 0.717) is 16.0 Å². The second kappa shape index (κ2) is 9.72. The average molecular weight is 527 g/mol. The Labute approximate surface area is 223 Å². The van der Waals surface area contributed by atoms with Crippen LogP contribution in [-0.4, -0.2) is 25.0 Å². The van der Waals surface area contributed by atoms with Crippen LogP contribution in [0.5, 0.6) is 11.5 Å². The lowest BCUT2D eigenvalue weighted by Gasteiger charge is -2.30. The fraction of sp³-hybridized carbons (Fsp3) is 0.200. The Bertz CT molecular complexity index is 1710. The van der Waals surface area contributed by atoms with E-state index in [1.165, 1.54) is 32.9 Å². The van der Waals surface area contributed by atoms with Gasteiger partial charge < -0.3 is 9.47 Å². The summed E-state index contributed by atoms with van der Waals surface area (Å²) in [5.74, 6) is 1.28. The summed E-state index contributed by atoms with van der Waals surface area (Å²) in [4.78, 5) is 20.9. The summed E-state index contributed by atoms with van der Waals surface area (Å²) < 4.78 is 13.4. The Balaban J connectivity index is 1.57. The van der Waals surface area contributed by atoms with Gasteiger partial charge in [-0.1, -0.05) is 53.8 Å². The van der Waals surface area contributed by atoms with E-state index in [4.69, 9.17) is 14.5 Å². The van der Waals surface area contributed by atoms with Crippen molar-refractivity contribution < 1.29 is 9.47 Å². The molecule has 0 saturated carbocycles. The minimum absolute atomic E-state index is 0.0251. The van der Waals surface area contributed by atoms with Gasteiger partial charge in [0.2, 0.25) is 0 Å². The van der Waals surface area contributed by atoms with Crippen LogP contribution in [0.4, 0.5) is 0 Å². The Morgan fingerprint density at radius 1 is 1.00 bits per heavy atom. The first-order valence-electron chi connectivity index (χ1n) is 12.1. The molecule has 186 valence electrons. The van der Waals surface area contributed by atoms with Gasteiger partial charge in [-0.2, -0.15) is 0 Å². The van der Waals surface area contributed by atoms with E-state index in [9.17, 15) is 4.79 Å². The Morgan fingerprint density at radius 2 is 1.78 bits per heavy atom. The zero-order chi connectivity index (χ0) is 25.5. The number of hydrogen-bond acceptors (Lipinski definition) is 6. The highest BCUT2D eigenvalue weighted by Gasteiger charge is 2.32. The molecule has 37 heavy (non-hydrogen) atoms. The molecule has 0 bridgehead atoms. The van der Waals surface area contributed by atoms with Crippen molar-refractivity contribution in [3.63, 3.8) is 0 Å². The first kappa shape index (κ1) is 23.8. The van der Waals surface area contributed by atoms with Gasteiger partial charge in [0.15, 0.2) is 16.3 Å². The van der Waals surface area contributed by atoms with Gasteiger partial charge in [-0.3, -0.25) is 9.36 Å². The van der Waals surface area contributed by atoms with E-state index < -0.39 is 0 Å². The number of thiazole rings is 1. The molecule has 0 radical (unpaired) electrons. The van der Waals surface area contributed by atoms with Crippen molar-refractivity contribution in [1.82, 2.24) is 4.57 Å². The van der Waals surface area contributed by atoms with Crippen LogP contribution in [0.25, 0.3) is 11.8 Å². The molecule has 7 heteroatoms. The second-order valence-corrected chi connectivity index (χ2v) is 10.9. The number of aromatic nitrogens is 1. The van der Waals surface area contributed by atoms with Gasteiger partial charge in [-0.05, 0) is 71.7 Å². The highest BCUT2D eigenvalue weighted by Crippen LogP contribution is 2.41. The molecule has 2 aliphatic rings. The number of ether oxygens (including phenoxy) is 2. The van der Waals surface area contributed by atoms with E-state index in [1.807, 2.05) is 28.8 Å². The lowest BCUT2D eigenvalue weighted by atomic mass is 9.83. The normalized spacial score (nSPS) is 16.5. The van der Waals surface area contributed by atoms with Crippen LogP contribution in [0.1, 0.15) is 34.7 Å². The number of thioether (sulfide) groups is 1. The molecule has 1 atom stereocenters. The predicted molar refractivity (Wildman–Crippen MR) is 151 cm³/mol. The van der Waals surface area contributed by atoms with Crippen molar-refractivity contribution in [3.05, 3.63) is 114 Å². The van der Waals surface area contributed by atoms with Gasteiger partial charge in [0.05, 0.1) is 30.5 Å². The lowest BCUT2D eigenvalue weighted by molar-refractivity contribution is 0.355. The second-order valence-electron chi connectivity index (χ2n) is 9.00. The number of methoxy groups -OCH3 is 2. The van der Waals surface area contributed by atoms with E-state index in [1.54, 1.807) is 26.0 Å². The number of fused-ring (bicyclic) bond motifs is 3. The lowest BCUT2D eigenvalue weighted by Crippen LogP contribution is -2.38. The van der Waals surface area contributed by atoms with Crippen LogP contribution in [-0.2, 0) is 6.42 Å². The summed E-state index contributed by atoms with van der Waals surface area (Å²) in [7, 11) is 3.22. The molecule has 0 fully saturated rings. The van der Waals surface area contributed by atoms with Gasteiger partial charge in [0.1, 0.15) is 0 Å². The van der Waals surface area contributed by atoms with Crippen LogP contribution < -0.4 is 24.4 Å². The molecule has 1 unspecified atom stereocenters. The van der Waals surface area contributed by atoms with Crippen molar-refractivity contribution in [2.75, 3.05) is 20.5 Å². The van der Waals surface area contributed by atoms with Crippen LogP contribution in [0.15, 0.2) is 87.0 Å². The number of aryl methyl sites for hydroxylation is 1. The highest BCUT2D eigenvalue weighted by atomic mass is 32.2. The Hall–Kier alpha value is -3.55. The molecule has 0 amide bonds. The number of rotatable bonds is 5. The van der Waals surface area contributed by atoms with Crippen molar-refractivity contribution >= 4 is 34.9 Å². The smallest absolute Gasteiger partial charge is 0.271 e. The van der Waals surface area contributed by atoms with Crippen molar-refractivity contribution in [2.24, 2.45) is 4.99 Å². The molecule has 0 saturated heterocycles. The monoisotopic (exact) mass is 526 g/mol. The van der Waals surface area contributed by atoms with Crippen molar-refractivity contribution in [2.45, 2.75) is 23.8 Å². The molecule has 1 aromatic heterocycles. The molecule has 4 aromatic rings. The first-order valence-corrected chi connectivity index (χ1v) is 14.1. The van der Waals surface area contributed by atoms with E-state index >= 15 is 0 Å². The molecule has 3 aromatic carbocycles. The predicted octanol–water partition coefficient (Wildman–Crippen LogP) is 5.06.